The molecular formula is C16H14Br3N. The van der Waals surface area contributed by atoms with Crippen molar-refractivity contribution in [1.82, 2.24) is 0 Å². The number of halogens is 3. The van der Waals surface area contributed by atoms with E-state index >= 15 is 0 Å². The van der Waals surface area contributed by atoms with Crippen LogP contribution in [-0.4, -0.2) is 6.04 Å². The maximum atomic E-state index is 3.64. The molecular weight excluding hydrogens is 446 g/mol. The third kappa shape index (κ3) is 3.12. The lowest BCUT2D eigenvalue weighted by atomic mass is 9.76. The van der Waals surface area contributed by atoms with E-state index in [4.69, 9.17) is 0 Å². The van der Waals surface area contributed by atoms with Gasteiger partial charge in [-0.05, 0) is 64.5 Å². The Morgan fingerprint density at radius 2 is 1.65 bits per heavy atom. The maximum absolute atomic E-state index is 3.64. The molecule has 1 nitrogen and oxygen atoms in total. The van der Waals surface area contributed by atoms with Crippen molar-refractivity contribution in [2.45, 2.75) is 24.8 Å². The quantitative estimate of drug-likeness (QED) is 0.565. The zero-order valence-electron chi connectivity index (χ0n) is 10.7. The lowest BCUT2D eigenvalue weighted by molar-refractivity contribution is 0.373. The topological polar surface area (TPSA) is 12.0 Å². The van der Waals surface area contributed by atoms with Crippen LogP contribution in [0.2, 0.25) is 0 Å². The van der Waals surface area contributed by atoms with E-state index in [0.717, 1.165) is 8.95 Å². The van der Waals surface area contributed by atoms with Crippen molar-refractivity contribution in [2.75, 3.05) is 5.32 Å². The Labute approximate surface area is 144 Å². The van der Waals surface area contributed by atoms with Gasteiger partial charge in [0.2, 0.25) is 0 Å². The molecule has 0 bridgehead atoms. The number of anilines is 1. The molecule has 1 aliphatic carbocycles. The lowest BCUT2D eigenvalue weighted by Gasteiger charge is -2.37. The van der Waals surface area contributed by atoms with Crippen molar-refractivity contribution in [3.8, 4) is 0 Å². The monoisotopic (exact) mass is 457 g/mol. The average molecular weight is 460 g/mol. The summed E-state index contributed by atoms with van der Waals surface area (Å²) < 4.78 is 3.43. The van der Waals surface area contributed by atoms with Crippen LogP contribution in [0, 0.1) is 0 Å². The summed E-state index contributed by atoms with van der Waals surface area (Å²) in [7, 11) is 0. The Kier molecular flexibility index (Phi) is 4.53. The molecule has 0 unspecified atom stereocenters. The minimum Gasteiger partial charge on any atom is -0.381 e. The molecule has 0 saturated heterocycles. The van der Waals surface area contributed by atoms with Crippen LogP contribution in [-0.2, 0) is 0 Å². The second-order valence-corrected chi connectivity index (χ2v) is 7.78. The van der Waals surface area contributed by atoms with Crippen molar-refractivity contribution in [3.05, 3.63) is 61.4 Å². The van der Waals surface area contributed by atoms with E-state index in [1.165, 1.54) is 28.6 Å². The van der Waals surface area contributed by atoms with Crippen LogP contribution in [0.4, 0.5) is 5.69 Å². The smallest absolute Gasteiger partial charge is 0.0487 e. The molecule has 104 valence electrons. The number of nitrogens with one attached hydrogen (secondary N) is 1. The van der Waals surface area contributed by atoms with Gasteiger partial charge in [-0.3, -0.25) is 0 Å². The van der Waals surface area contributed by atoms with E-state index in [1.807, 2.05) is 0 Å². The van der Waals surface area contributed by atoms with E-state index in [0.29, 0.717) is 12.0 Å². The van der Waals surface area contributed by atoms with E-state index < -0.39 is 0 Å². The van der Waals surface area contributed by atoms with Gasteiger partial charge in [0, 0.05) is 25.1 Å². The molecule has 0 aromatic heterocycles. The first-order valence-corrected chi connectivity index (χ1v) is 8.97. The van der Waals surface area contributed by atoms with Gasteiger partial charge in [-0.15, -0.1) is 0 Å². The van der Waals surface area contributed by atoms with Crippen LogP contribution in [0.15, 0.2) is 55.9 Å². The summed E-state index contributed by atoms with van der Waals surface area (Å²) in [5, 5.41) is 3.61. The molecule has 0 radical (unpaired) electrons. The normalized spacial score (nSPS) is 21.4. The van der Waals surface area contributed by atoms with Crippen LogP contribution < -0.4 is 5.32 Å². The van der Waals surface area contributed by atoms with Gasteiger partial charge < -0.3 is 5.32 Å². The molecule has 0 heterocycles. The molecule has 1 aliphatic rings. The van der Waals surface area contributed by atoms with Crippen molar-refractivity contribution in [2.24, 2.45) is 0 Å². The molecule has 3 rings (SSSR count). The van der Waals surface area contributed by atoms with E-state index in [2.05, 4.69) is 95.6 Å². The Morgan fingerprint density at radius 1 is 0.900 bits per heavy atom. The minimum atomic E-state index is 0.560. The number of rotatable bonds is 3. The molecule has 0 amide bonds. The molecule has 0 spiro atoms. The van der Waals surface area contributed by atoms with Crippen LogP contribution >= 0.6 is 47.8 Å². The third-order valence-electron chi connectivity index (χ3n) is 3.77. The highest BCUT2D eigenvalue weighted by Crippen LogP contribution is 2.42. The van der Waals surface area contributed by atoms with Gasteiger partial charge >= 0.3 is 0 Å². The average Bonchev–Trinajstić information content (AvgIpc) is 2.37. The van der Waals surface area contributed by atoms with Gasteiger partial charge in [-0.25, -0.2) is 0 Å². The minimum absolute atomic E-state index is 0.560. The Balaban J connectivity index is 1.62. The van der Waals surface area contributed by atoms with Crippen LogP contribution in [0.3, 0.4) is 0 Å². The van der Waals surface area contributed by atoms with Crippen LogP contribution in [0.5, 0.6) is 0 Å². The van der Waals surface area contributed by atoms with Gasteiger partial charge in [0.05, 0.1) is 0 Å². The fraction of sp³-hybridized carbons (Fsp3) is 0.250. The fourth-order valence-corrected chi connectivity index (χ4v) is 4.39. The van der Waals surface area contributed by atoms with Gasteiger partial charge in [0.1, 0.15) is 0 Å². The standard InChI is InChI=1S/C16H14Br3N/c17-11-5-6-16(15(19)9-11)20-12-7-10(8-12)13-3-1-2-4-14(13)18/h1-6,9-10,12,20H,7-8H2. The summed E-state index contributed by atoms with van der Waals surface area (Å²) in [6, 6.07) is 15.3. The van der Waals surface area contributed by atoms with E-state index in [1.54, 1.807) is 0 Å². The Hall–Kier alpha value is -0.320. The summed E-state index contributed by atoms with van der Waals surface area (Å²) in [6.45, 7) is 0. The van der Waals surface area contributed by atoms with E-state index in [-0.39, 0.29) is 0 Å². The molecule has 0 aliphatic heterocycles. The first kappa shape index (κ1) is 14.6. The first-order valence-electron chi connectivity index (χ1n) is 6.59. The Morgan fingerprint density at radius 3 is 2.35 bits per heavy atom. The molecule has 20 heavy (non-hydrogen) atoms. The van der Waals surface area contributed by atoms with Gasteiger partial charge in [0.15, 0.2) is 0 Å². The molecule has 2 aromatic rings. The van der Waals surface area contributed by atoms with Gasteiger partial charge in [-0.2, -0.15) is 0 Å². The first-order chi connectivity index (χ1) is 9.63. The number of hydrogen-bond donors (Lipinski definition) is 1. The van der Waals surface area contributed by atoms with Gasteiger partial charge in [0.25, 0.3) is 0 Å². The third-order valence-corrected chi connectivity index (χ3v) is 5.65. The van der Waals surface area contributed by atoms with Gasteiger partial charge in [-0.1, -0.05) is 50.1 Å². The van der Waals surface area contributed by atoms with Crippen molar-refractivity contribution in [3.63, 3.8) is 0 Å². The predicted octanol–water partition coefficient (Wildman–Crippen LogP) is 6.33. The van der Waals surface area contributed by atoms with Crippen LogP contribution in [0.1, 0.15) is 24.3 Å². The lowest BCUT2D eigenvalue weighted by Crippen LogP contribution is -2.34. The summed E-state index contributed by atoms with van der Waals surface area (Å²) >= 11 is 10.7. The highest BCUT2D eigenvalue weighted by atomic mass is 79.9. The molecule has 1 N–H and O–H groups in total. The Bertz CT molecular complexity index is 621. The highest BCUT2D eigenvalue weighted by Gasteiger charge is 2.31. The predicted molar refractivity (Wildman–Crippen MR) is 95.4 cm³/mol. The molecule has 2 aromatic carbocycles. The summed E-state index contributed by atoms with van der Waals surface area (Å²) in [6.07, 6.45) is 2.37. The van der Waals surface area contributed by atoms with Crippen molar-refractivity contribution in [1.29, 1.82) is 0 Å². The zero-order valence-corrected chi connectivity index (χ0v) is 15.5. The summed E-state index contributed by atoms with van der Waals surface area (Å²) in [5.41, 5.74) is 2.60. The van der Waals surface area contributed by atoms with Crippen LogP contribution in [0.25, 0.3) is 0 Å². The summed E-state index contributed by atoms with van der Waals surface area (Å²) in [4.78, 5) is 0. The SMILES string of the molecule is Brc1ccc(NC2CC(c3ccccc3Br)C2)c(Br)c1. The fourth-order valence-electron chi connectivity index (χ4n) is 2.62. The number of benzene rings is 2. The maximum Gasteiger partial charge on any atom is 0.0487 e. The zero-order chi connectivity index (χ0) is 14.1. The largest absolute Gasteiger partial charge is 0.381 e. The molecule has 1 saturated carbocycles. The van der Waals surface area contributed by atoms with Crippen molar-refractivity contribution < 1.29 is 0 Å². The second-order valence-electron chi connectivity index (χ2n) is 5.16. The molecule has 1 fully saturated rings. The van der Waals surface area contributed by atoms with E-state index in [9.17, 15) is 0 Å². The molecule has 4 heteroatoms. The molecule has 0 atom stereocenters. The number of hydrogen-bond acceptors (Lipinski definition) is 1. The van der Waals surface area contributed by atoms with Crippen molar-refractivity contribution >= 4 is 53.5 Å². The summed E-state index contributed by atoms with van der Waals surface area (Å²) in [5.74, 6) is 0.664. The second kappa shape index (κ2) is 6.20. The highest BCUT2D eigenvalue weighted by molar-refractivity contribution is 9.11.